The molecule has 0 amide bonds. The number of aromatic nitrogens is 1. The van der Waals surface area contributed by atoms with Crippen molar-refractivity contribution in [3.63, 3.8) is 0 Å². The monoisotopic (exact) mass is 407 g/mol. The lowest BCUT2D eigenvalue weighted by Gasteiger charge is -2.37. The van der Waals surface area contributed by atoms with Gasteiger partial charge in [-0.3, -0.25) is 10.1 Å². The summed E-state index contributed by atoms with van der Waals surface area (Å²) in [6, 6.07) is 13.0. The number of piperazine rings is 1. The van der Waals surface area contributed by atoms with Crippen LogP contribution < -0.4 is 14.5 Å². The number of benzene rings is 2. The maximum absolute atomic E-state index is 14.0. The van der Waals surface area contributed by atoms with Crippen LogP contribution in [0, 0.1) is 27.3 Å². The van der Waals surface area contributed by atoms with Gasteiger partial charge in [0.2, 0.25) is 0 Å². The van der Waals surface area contributed by atoms with Crippen LogP contribution in [0.4, 0.5) is 21.6 Å². The van der Waals surface area contributed by atoms with E-state index in [1.807, 2.05) is 6.07 Å². The quantitative estimate of drug-likeness (QED) is 0.482. The van der Waals surface area contributed by atoms with Crippen molar-refractivity contribution >= 4 is 28.1 Å². The highest BCUT2D eigenvalue weighted by atomic mass is 19.1. The Kier molecular flexibility index (Phi) is 5.06. The predicted octanol–water partition coefficient (Wildman–Crippen LogP) is 3.49. The van der Waals surface area contributed by atoms with E-state index in [1.54, 1.807) is 18.2 Å². The van der Waals surface area contributed by atoms with Crippen molar-refractivity contribution in [2.75, 3.05) is 43.1 Å². The molecule has 0 spiro atoms. The number of fused-ring (bicyclic) bond motifs is 1. The number of nitrogens with zero attached hydrogens (tertiary/aromatic N) is 5. The van der Waals surface area contributed by atoms with Crippen molar-refractivity contribution in [1.29, 1.82) is 5.26 Å². The summed E-state index contributed by atoms with van der Waals surface area (Å²) in [4.78, 5) is 19.3. The van der Waals surface area contributed by atoms with Crippen LogP contribution in [0.1, 0.15) is 5.56 Å². The van der Waals surface area contributed by atoms with Gasteiger partial charge in [0.15, 0.2) is 11.6 Å². The molecule has 0 N–H and O–H groups in total. The van der Waals surface area contributed by atoms with Crippen LogP contribution in [0.25, 0.3) is 10.9 Å². The van der Waals surface area contributed by atoms with E-state index >= 15 is 0 Å². The lowest BCUT2D eigenvalue weighted by atomic mass is 10.1. The van der Waals surface area contributed by atoms with Crippen molar-refractivity contribution in [2.45, 2.75) is 0 Å². The minimum absolute atomic E-state index is 0.0751. The summed E-state index contributed by atoms with van der Waals surface area (Å²) < 4.78 is 19.0. The van der Waals surface area contributed by atoms with E-state index < -0.39 is 10.7 Å². The van der Waals surface area contributed by atoms with Crippen molar-refractivity contribution in [2.24, 2.45) is 0 Å². The smallest absolute Gasteiger partial charge is 0.270 e. The first-order valence-corrected chi connectivity index (χ1v) is 9.33. The minimum atomic E-state index is -0.490. The van der Waals surface area contributed by atoms with Gasteiger partial charge < -0.3 is 14.5 Å². The summed E-state index contributed by atoms with van der Waals surface area (Å²) in [5.41, 5.74) is 1.59. The van der Waals surface area contributed by atoms with Crippen molar-refractivity contribution in [3.05, 3.63) is 64.0 Å². The lowest BCUT2D eigenvalue weighted by Crippen LogP contribution is -2.46. The Balaban J connectivity index is 1.56. The van der Waals surface area contributed by atoms with Crippen LogP contribution in [0.3, 0.4) is 0 Å². The summed E-state index contributed by atoms with van der Waals surface area (Å²) in [5.74, 6) is 0.455. The molecule has 0 saturated carbocycles. The maximum atomic E-state index is 14.0. The SMILES string of the molecule is COc1ccc(N2CCN(c3cc(C#N)c4cc([N+](=O)[O-])ccc4n3)CC2)cc1F. The normalized spacial score (nSPS) is 13.9. The third-order valence-electron chi connectivity index (χ3n) is 5.21. The second-order valence-electron chi connectivity index (χ2n) is 6.89. The molecule has 9 heteroatoms. The Morgan fingerprint density at radius 3 is 2.50 bits per heavy atom. The number of anilines is 2. The van der Waals surface area contributed by atoms with Crippen LogP contribution in [0.5, 0.6) is 5.75 Å². The number of hydrogen-bond acceptors (Lipinski definition) is 7. The third-order valence-corrected chi connectivity index (χ3v) is 5.21. The summed E-state index contributed by atoms with van der Waals surface area (Å²) in [5, 5.41) is 21.0. The van der Waals surface area contributed by atoms with Crippen molar-refractivity contribution in [1.82, 2.24) is 4.98 Å². The second-order valence-corrected chi connectivity index (χ2v) is 6.89. The molecule has 0 radical (unpaired) electrons. The van der Waals surface area contributed by atoms with Crippen LogP contribution in [0.2, 0.25) is 0 Å². The van der Waals surface area contributed by atoms with E-state index in [4.69, 9.17) is 4.74 Å². The van der Waals surface area contributed by atoms with E-state index in [9.17, 15) is 19.8 Å². The number of nitro benzene ring substituents is 1. The first kappa shape index (κ1) is 19.4. The molecule has 1 fully saturated rings. The lowest BCUT2D eigenvalue weighted by molar-refractivity contribution is -0.384. The number of methoxy groups -OCH3 is 1. The van der Waals surface area contributed by atoms with Gasteiger partial charge in [0.05, 0.1) is 29.2 Å². The molecule has 0 atom stereocenters. The standard InChI is InChI=1S/C21H18FN5O3/c1-30-20-5-3-15(12-18(20)22)25-6-8-26(9-7-25)21-10-14(13-23)17-11-16(27(28)29)2-4-19(17)24-21/h2-5,10-12H,6-9H2,1H3. The fourth-order valence-electron chi connectivity index (χ4n) is 3.61. The molecule has 2 aromatic carbocycles. The van der Waals surface area contributed by atoms with Crippen molar-refractivity contribution in [3.8, 4) is 11.8 Å². The molecule has 152 valence electrons. The highest BCUT2D eigenvalue weighted by molar-refractivity contribution is 5.88. The van der Waals surface area contributed by atoms with Gasteiger partial charge >= 0.3 is 0 Å². The van der Waals surface area contributed by atoms with E-state index in [0.29, 0.717) is 48.5 Å². The number of pyridine rings is 1. The molecule has 30 heavy (non-hydrogen) atoms. The Morgan fingerprint density at radius 2 is 1.87 bits per heavy atom. The van der Waals surface area contributed by atoms with Gasteiger partial charge in [0, 0.05) is 55.5 Å². The maximum Gasteiger partial charge on any atom is 0.270 e. The molecule has 2 heterocycles. The van der Waals surface area contributed by atoms with Gasteiger partial charge in [0.1, 0.15) is 5.82 Å². The molecule has 1 aromatic heterocycles. The van der Waals surface area contributed by atoms with E-state index in [0.717, 1.165) is 5.69 Å². The van der Waals surface area contributed by atoms with Crippen LogP contribution in [-0.4, -0.2) is 43.2 Å². The number of nitriles is 1. The number of hydrogen-bond donors (Lipinski definition) is 0. The van der Waals surface area contributed by atoms with E-state index in [-0.39, 0.29) is 11.4 Å². The number of ether oxygens (including phenoxy) is 1. The number of nitro groups is 1. The molecule has 0 aliphatic carbocycles. The Bertz CT molecular complexity index is 1170. The van der Waals surface area contributed by atoms with Gasteiger partial charge in [-0.05, 0) is 24.3 Å². The largest absolute Gasteiger partial charge is 0.494 e. The van der Waals surface area contributed by atoms with E-state index in [1.165, 1.54) is 25.3 Å². The summed E-state index contributed by atoms with van der Waals surface area (Å²) in [6.45, 7) is 2.61. The highest BCUT2D eigenvalue weighted by Gasteiger charge is 2.21. The zero-order valence-corrected chi connectivity index (χ0v) is 16.2. The molecule has 1 aliphatic rings. The molecule has 8 nitrogen and oxygen atoms in total. The Labute approximate surface area is 171 Å². The number of rotatable bonds is 4. The average Bonchev–Trinajstić information content (AvgIpc) is 2.78. The summed E-state index contributed by atoms with van der Waals surface area (Å²) in [7, 11) is 1.43. The fraction of sp³-hybridized carbons (Fsp3) is 0.238. The van der Waals surface area contributed by atoms with Gasteiger partial charge in [-0.1, -0.05) is 0 Å². The van der Waals surface area contributed by atoms with Gasteiger partial charge in [-0.2, -0.15) is 5.26 Å². The summed E-state index contributed by atoms with van der Waals surface area (Å²) >= 11 is 0. The van der Waals surface area contributed by atoms with Gasteiger partial charge in [0.25, 0.3) is 5.69 Å². The summed E-state index contributed by atoms with van der Waals surface area (Å²) in [6.07, 6.45) is 0. The zero-order chi connectivity index (χ0) is 21.3. The Hall–Kier alpha value is -3.93. The van der Waals surface area contributed by atoms with Crippen LogP contribution in [-0.2, 0) is 0 Å². The molecule has 4 rings (SSSR count). The first-order chi connectivity index (χ1) is 14.5. The number of non-ortho nitro benzene ring substituents is 1. The van der Waals surface area contributed by atoms with Crippen molar-refractivity contribution < 1.29 is 14.1 Å². The molecule has 1 saturated heterocycles. The van der Waals surface area contributed by atoms with Gasteiger partial charge in [-0.25, -0.2) is 9.37 Å². The molecule has 3 aromatic rings. The molecular weight excluding hydrogens is 389 g/mol. The molecule has 1 aliphatic heterocycles. The topological polar surface area (TPSA) is 95.5 Å². The predicted molar refractivity (Wildman–Crippen MR) is 110 cm³/mol. The molecular formula is C21H18FN5O3. The highest BCUT2D eigenvalue weighted by Crippen LogP contribution is 2.28. The third kappa shape index (κ3) is 3.55. The molecule has 0 unspecified atom stereocenters. The zero-order valence-electron chi connectivity index (χ0n) is 16.2. The average molecular weight is 407 g/mol. The molecule has 0 bridgehead atoms. The first-order valence-electron chi connectivity index (χ1n) is 9.33. The van der Waals surface area contributed by atoms with Gasteiger partial charge in [-0.15, -0.1) is 0 Å². The second kappa shape index (κ2) is 7.83. The fourth-order valence-corrected chi connectivity index (χ4v) is 3.61. The van der Waals surface area contributed by atoms with Crippen LogP contribution in [0.15, 0.2) is 42.5 Å². The number of halogens is 1. The van der Waals surface area contributed by atoms with E-state index in [2.05, 4.69) is 20.9 Å². The Morgan fingerprint density at radius 1 is 1.13 bits per heavy atom. The minimum Gasteiger partial charge on any atom is -0.494 e. The van der Waals surface area contributed by atoms with Crippen LogP contribution >= 0.6 is 0 Å².